The summed E-state index contributed by atoms with van der Waals surface area (Å²) < 4.78 is 21.1. The van der Waals surface area contributed by atoms with Crippen LogP contribution in [-0.4, -0.2) is 30.9 Å². The van der Waals surface area contributed by atoms with E-state index in [0.717, 1.165) is 0 Å². The molecule has 7 nitrogen and oxygen atoms in total. The summed E-state index contributed by atoms with van der Waals surface area (Å²) in [5.41, 5.74) is 1.39. The molecular weight excluding hydrogens is 388 g/mol. The van der Waals surface area contributed by atoms with Crippen molar-refractivity contribution in [1.29, 1.82) is 0 Å². The first-order chi connectivity index (χ1) is 14.5. The zero-order valence-corrected chi connectivity index (χ0v) is 16.1. The molecule has 0 fully saturated rings. The van der Waals surface area contributed by atoms with Crippen LogP contribution in [0.25, 0.3) is 12.2 Å². The fourth-order valence-electron chi connectivity index (χ4n) is 3.12. The highest BCUT2D eigenvalue weighted by Crippen LogP contribution is 2.33. The molecule has 0 atom stereocenters. The lowest BCUT2D eigenvalue weighted by Crippen LogP contribution is -2.27. The summed E-state index contributed by atoms with van der Waals surface area (Å²) in [5, 5.41) is 0. The van der Waals surface area contributed by atoms with Gasteiger partial charge < -0.3 is 18.9 Å². The van der Waals surface area contributed by atoms with Crippen LogP contribution in [0.15, 0.2) is 48.6 Å². The number of hydrogen-bond donors (Lipinski definition) is 0. The van der Waals surface area contributed by atoms with Crippen LogP contribution in [-0.2, 0) is 14.4 Å². The number of Topliss-reactive ketones (excluding diaryl/α,β-unsaturated/α-hetero) is 1. The van der Waals surface area contributed by atoms with Gasteiger partial charge in [-0.1, -0.05) is 24.3 Å². The highest BCUT2D eigenvalue weighted by atomic mass is 16.7. The summed E-state index contributed by atoms with van der Waals surface area (Å²) >= 11 is 0. The van der Waals surface area contributed by atoms with Gasteiger partial charge in [0, 0.05) is 0 Å². The Balaban J connectivity index is 1.46. The molecule has 0 amide bonds. The Bertz CT molecular complexity index is 1000. The lowest BCUT2D eigenvalue weighted by molar-refractivity contribution is -0.135. The van der Waals surface area contributed by atoms with E-state index in [9.17, 15) is 14.4 Å². The van der Waals surface area contributed by atoms with Crippen molar-refractivity contribution in [1.82, 2.24) is 0 Å². The van der Waals surface area contributed by atoms with Gasteiger partial charge in [-0.2, -0.15) is 0 Å². The third-order valence-electron chi connectivity index (χ3n) is 4.65. The fraction of sp³-hybridized carbons (Fsp3) is 0.174. The second kappa shape index (κ2) is 8.24. The van der Waals surface area contributed by atoms with Gasteiger partial charge in [0.05, 0.1) is 0 Å². The molecule has 2 aromatic carbocycles. The van der Waals surface area contributed by atoms with E-state index in [1.54, 1.807) is 36.4 Å². The van der Waals surface area contributed by atoms with E-state index in [4.69, 9.17) is 18.9 Å². The molecule has 0 radical (unpaired) electrons. The maximum absolute atomic E-state index is 12.5. The molecule has 0 aliphatic carbocycles. The standard InChI is InChI=1S/C23H18O7/c1-14(24)23(17(25)6-2-15-4-8-19-21(10-15)29-12-27-19)18(26)7-3-16-5-9-20-22(11-16)30-13-28-20/h2-11,23H,12-13H2,1H3/b6-2+,7-3+. The summed E-state index contributed by atoms with van der Waals surface area (Å²) in [5.74, 6) is -0.657. The molecule has 30 heavy (non-hydrogen) atoms. The summed E-state index contributed by atoms with van der Waals surface area (Å²) in [4.78, 5) is 37.1. The molecule has 0 spiro atoms. The second-order valence-electron chi connectivity index (χ2n) is 6.74. The van der Waals surface area contributed by atoms with E-state index >= 15 is 0 Å². The minimum atomic E-state index is -1.39. The van der Waals surface area contributed by atoms with Crippen molar-refractivity contribution in [2.24, 2.45) is 5.92 Å². The van der Waals surface area contributed by atoms with Crippen LogP contribution >= 0.6 is 0 Å². The molecule has 2 aromatic rings. The molecule has 0 aromatic heterocycles. The lowest BCUT2D eigenvalue weighted by atomic mass is 9.93. The first-order valence-electron chi connectivity index (χ1n) is 9.25. The Hall–Kier alpha value is -3.87. The molecule has 0 unspecified atom stereocenters. The molecule has 7 heteroatoms. The Labute approximate surface area is 172 Å². The van der Waals surface area contributed by atoms with Crippen molar-refractivity contribution in [2.45, 2.75) is 6.92 Å². The highest BCUT2D eigenvalue weighted by molar-refractivity contribution is 6.25. The molecule has 0 saturated heterocycles. The van der Waals surface area contributed by atoms with E-state index in [1.807, 2.05) is 0 Å². The number of carbonyl (C=O) groups excluding carboxylic acids is 3. The average Bonchev–Trinajstić information content (AvgIpc) is 3.38. The molecule has 4 rings (SSSR count). The zero-order valence-electron chi connectivity index (χ0n) is 16.1. The smallest absolute Gasteiger partial charge is 0.231 e. The van der Waals surface area contributed by atoms with Gasteiger partial charge >= 0.3 is 0 Å². The van der Waals surface area contributed by atoms with Crippen LogP contribution in [0, 0.1) is 5.92 Å². The van der Waals surface area contributed by atoms with Gasteiger partial charge in [-0.25, -0.2) is 0 Å². The Morgan fingerprint density at radius 2 is 1.17 bits per heavy atom. The predicted octanol–water partition coefficient (Wildman–Crippen LogP) is 3.21. The first-order valence-corrected chi connectivity index (χ1v) is 9.25. The minimum Gasteiger partial charge on any atom is -0.454 e. The van der Waals surface area contributed by atoms with Crippen molar-refractivity contribution >= 4 is 29.5 Å². The summed E-state index contributed by atoms with van der Waals surface area (Å²) in [7, 11) is 0. The van der Waals surface area contributed by atoms with Crippen LogP contribution in [0.2, 0.25) is 0 Å². The Morgan fingerprint density at radius 1 is 0.733 bits per heavy atom. The van der Waals surface area contributed by atoms with Crippen LogP contribution < -0.4 is 18.9 Å². The summed E-state index contributed by atoms with van der Waals surface area (Å²) in [6.45, 7) is 1.53. The van der Waals surface area contributed by atoms with Crippen LogP contribution in [0.1, 0.15) is 18.1 Å². The van der Waals surface area contributed by atoms with Crippen molar-refractivity contribution in [3.63, 3.8) is 0 Å². The third-order valence-corrected chi connectivity index (χ3v) is 4.65. The van der Waals surface area contributed by atoms with Gasteiger partial charge in [0.25, 0.3) is 0 Å². The third kappa shape index (κ3) is 4.10. The van der Waals surface area contributed by atoms with Crippen molar-refractivity contribution < 1.29 is 33.3 Å². The Morgan fingerprint density at radius 3 is 1.60 bits per heavy atom. The molecule has 2 aliphatic rings. The van der Waals surface area contributed by atoms with Crippen molar-refractivity contribution in [2.75, 3.05) is 13.6 Å². The second-order valence-corrected chi connectivity index (χ2v) is 6.74. The van der Waals surface area contributed by atoms with Crippen molar-refractivity contribution in [3.8, 4) is 23.0 Å². The molecule has 0 N–H and O–H groups in total. The number of ether oxygens (including phenoxy) is 4. The highest BCUT2D eigenvalue weighted by Gasteiger charge is 2.27. The number of hydrogen-bond acceptors (Lipinski definition) is 7. The molecular formula is C23H18O7. The fourth-order valence-corrected chi connectivity index (χ4v) is 3.12. The monoisotopic (exact) mass is 406 g/mol. The summed E-state index contributed by atoms with van der Waals surface area (Å²) in [6, 6.07) is 10.4. The molecule has 0 bridgehead atoms. The maximum atomic E-state index is 12.5. The van der Waals surface area contributed by atoms with Crippen LogP contribution in [0.3, 0.4) is 0 Å². The molecule has 2 aliphatic heterocycles. The number of ketones is 3. The van der Waals surface area contributed by atoms with E-state index < -0.39 is 23.3 Å². The minimum absolute atomic E-state index is 0.151. The maximum Gasteiger partial charge on any atom is 0.231 e. The van der Waals surface area contributed by atoms with Gasteiger partial charge in [-0.15, -0.1) is 0 Å². The zero-order chi connectivity index (χ0) is 21.1. The topological polar surface area (TPSA) is 88.1 Å². The number of carbonyl (C=O) groups is 3. The van der Waals surface area contributed by atoms with Gasteiger partial charge in [0.15, 0.2) is 34.6 Å². The summed E-state index contributed by atoms with van der Waals surface area (Å²) in [6.07, 6.45) is 5.54. The predicted molar refractivity (Wildman–Crippen MR) is 107 cm³/mol. The number of allylic oxidation sites excluding steroid dienone is 2. The largest absolute Gasteiger partial charge is 0.454 e. The molecule has 152 valence electrons. The van der Waals surface area contributed by atoms with E-state index in [0.29, 0.717) is 34.1 Å². The van der Waals surface area contributed by atoms with Gasteiger partial charge in [0.2, 0.25) is 13.6 Å². The first kappa shape index (κ1) is 19.4. The van der Waals surface area contributed by atoms with Crippen LogP contribution in [0.5, 0.6) is 23.0 Å². The normalized spacial score (nSPS) is 14.1. The van der Waals surface area contributed by atoms with E-state index in [1.165, 1.54) is 31.2 Å². The quantitative estimate of drug-likeness (QED) is 0.515. The number of benzene rings is 2. The Kier molecular flexibility index (Phi) is 5.34. The van der Waals surface area contributed by atoms with Gasteiger partial charge in [-0.05, 0) is 54.5 Å². The van der Waals surface area contributed by atoms with E-state index in [-0.39, 0.29) is 13.6 Å². The van der Waals surface area contributed by atoms with Crippen LogP contribution in [0.4, 0.5) is 0 Å². The van der Waals surface area contributed by atoms with Gasteiger partial charge in [-0.3, -0.25) is 14.4 Å². The lowest BCUT2D eigenvalue weighted by Gasteiger charge is -2.06. The molecule has 2 heterocycles. The SMILES string of the molecule is CC(=O)C(C(=O)/C=C/c1ccc2c(c1)OCO2)C(=O)/C=C/c1ccc2c(c1)OCO2. The molecule has 0 saturated carbocycles. The average molecular weight is 406 g/mol. The number of rotatable bonds is 7. The van der Waals surface area contributed by atoms with E-state index in [2.05, 4.69) is 0 Å². The van der Waals surface area contributed by atoms with Gasteiger partial charge in [0.1, 0.15) is 11.7 Å². The number of fused-ring (bicyclic) bond motifs is 2. The van der Waals surface area contributed by atoms with Crippen molar-refractivity contribution in [3.05, 3.63) is 59.7 Å².